The van der Waals surface area contributed by atoms with Gasteiger partial charge in [0.1, 0.15) is 0 Å². The lowest BCUT2D eigenvalue weighted by Gasteiger charge is -2.16. The number of fused-ring (bicyclic) bond motifs is 2. The number of aromatic nitrogens is 1. The van der Waals surface area contributed by atoms with Crippen molar-refractivity contribution in [1.29, 1.82) is 0 Å². The van der Waals surface area contributed by atoms with E-state index in [-0.39, 0.29) is 67.3 Å². The molecule has 1 aromatic heterocycles. The van der Waals surface area contributed by atoms with E-state index in [1.165, 1.54) is 0 Å². The molecule has 0 saturated carbocycles. The van der Waals surface area contributed by atoms with Crippen LogP contribution in [0.3, 0.4) is 0 Å². The van der Waals surface area contributed by atoms with Crippen LogP contribution in [0.2, 0.25) is 0 Å². The Bertz CT molecular complexity index is 987. The van der Waals surface area contributed by atoms with E-state index in [9.17, 15) is 4.79 Å². The number of H-pyrrole nitrogens is 1. The predicted molar refractivity (Wildman–Crippen MR) is 97.4 cm³/mol. The van der Waals surface area contributed by atoms with Crippen molar-refractivity contribution in [1.82, 2.24) is 4.98 Å². The van der Waals surface area contributed by atoms with Crippen LogP contribution in [0, 0.1) is 0 Å². The molecule has 0 amide bonds. The number of nitrogens with two attached hydrogens (primary N) is 8. The Morgan fingerprint density at radius 2 is 0.783 bits per heavy atom. The molecule has 3 aromatic rings. The Labute approximate surface area is 129 Å². The van der Waals surface area contributed by atoms with Gasteiger partial charge in [0.05, 0.1) is 67.3 Å². The molecule has 0 saturated heterocycles. The average molecular weight is 315 g/mol. The van der Waals surface area contributed by atoms with Crippen molar-refractivity contribution in [3.8, 4) is 0 Å². The molecular formula is C13H17N9O. The van der Waals surface area contributed by atoms with Gasteiger partial charge in [-0.05, 0) is 0 Å². The highest BCUT2D eigenvalue weighted by Gasteiger charge is 2.21. The first-order chi connectivity index (χ1) is 10.7. The predicted octanol–water partition coefficient (Wildman–Crippen LogP) is -0.661. The summed E-state index contributed by atoms with van der Waals surface area (Å²) in [6, 6.07) is 0. The van der Waals surface area contributed by atoms with E-state index >= 15 is 0 Å². The van der Waals surface area contributed by atoms with Crippen LogP contribution in [0.15, 0.2) is 4.79 Å². The second-order valence-electron chi connectivity index (χ2n) is 5.26. The fourth-order valence-corrected chi connectivity index (χ4v) is 2.64. The summed E-state index contributed by atoms with van der Waals surface area (Å²) in [5.41, 5.74) is 47.2. The van der Waals surface area contributed by atoms with Crippen LogP contribution in [0.4, 0.5) is 45.5 Å². The molecule has 0 fully saturated rings. The topological polar surface area (TPSA) is 241 Å². The number of pyridine rings is 1. The molecular weight excluding hydrogens is 298 g/mol. The molecule has 0 unspecified atom stereocenters. The van der Waals surface area contributed by atoms with Gasteiger partial charge in [-0.2, -0.15) is 0 Å². The normalized spacial score (nSPS) is 11.3. The average Bonchev–Trinajstić information content (AvgIpc) is 2.53. The van der Waals surface area contributed by atoms with Crippen molar-refractivity contribution in [3.05, 3.63) is 10.2 Å². The summed E-state index contributed by atoms with van der Waals surface area (Å²) >= 11 is 0. The van der Waals surface area contributed by atoms with Gasteiger partial charge in [-0.3, -0.25) is 4.79 Å². The van der Waals surface area contributed by atoms with Gasteiger partial charge in [0.15, 0.2) is 0 Å². The third-order valence-electron chi connectivity index (χ3n) is 4.02. The molecule has 0 aliphatic carbocycles. The van der Waals surface area contributed by atoms with Gasteiger partial charge in [-0.25, -0.2) is 0 Å². The summed E-state index contributed by atoms with van der Waals surface area (Å²) in [5.74, 6) is 0. The fourth-order valence-electron chi connectivity index (χ4n) is 2.64. The van der Waals surface area contributed by atoms with Crippen LogP contribution in [0.5, 0.6) is 0 Å². The maximum absolute atomic E-state index is 12.9. The zero-order valence-corrected chi connectivity index (χ0v) is 12.0. The Hall–Kier alpha value is -3.69. The van der Waals surface area contributed by atoms with E-state index in [0.29, 0.717) is 0 Å². The molecule has 0 atom stereocenters. The van der Waals surface area contributed by atoms with Crippen LogP contribution >= 0.6 is 0 Å². The minimum Gasteiger partial charge on any atom is -0.396 e. The van der Waals surface area contributed by atoms with Crippen molar-refractivity contribution in [2.45, 2.75) is 0 Å². The van der Waals surface area contributed by atoms with E-state index in [0.717, 1.165) is 0 Å². The number of hydrogen-bond donors (Lipinski definition) is 9. The number of nitrogens with one attached hydrogen (secondary N) is 1. The van der Waals surface area contributed by atoms with Gasteiger partial charge < -0.3 is 50.9 Å². The summed E-state index contributed by atoms with van der Waals surface area (Å²) in [4.78, 5) is 15.8. The third kappa shape index (κ3) is 1.54. The Morgan fingerprint density at radius 3 is 1.13 bits per heavy atom. The van der Waals surface area contributed by atoms with Gasteiger partial charge in [0, 0.05) is 0 Å². The number of aromatic amines is 1. The number of benzene rings is 2. The standard InChI is InChI=1S/C13H17N9O/c14-3-1-11(9(20)7(18)5(3)16)22-12-2(13(1)23)4(15)6(17)8(19)10(12)21/h14-21H2,(H,22,23). The van der Waals surface area contributed by atoms with Crippen LogP contribution in [-0.2, 0) is 0 Å². The molecule has 1 heterocycles. The van der Waals surface area contributed by atoms with Crippen molar-refractivity contribution in [2.75, 3.05) is 45.9 Å². The Kier molecular flexibility index (Phi) is 2.58. The molecule has 23 heavy (non-hydrogen) atoms. The summed E-state index contributed by atoms with van der Waals surface area (Å²) in [6.07, 6.45) is 0. The van der Waals surface area contributed by atoms with Gasteiger partial charge in [0.25, 0.3) is 0 Å². The number of anilines is 8. The largest absolute Gasteiger partial charge is 0.396 e. The zero-order valence-electron chi connectivity index (χ0n) is 12.0. The molecule has 10 nitrogen and oxygen atoms in total. The molecule has 10 heteroatoms. The SMILES string of the molecule is Nc1c(N)c(N)c2c(=O)c3c(N)c(N)c(N)c(N)c3[nH]c2c1N. The van der Waals surface area contributed by atoms with Crippen molar-refractivity contribution in [3.63, 3.8) is 0 Å². The van der Waals surface area contributed by atoms with Crippen molar-refractivity contribution < 1.29 is 0 Å². The number of nitrogen functional groups attached to an aromatic ring is 8. The minimum atomic E-state index is -0.513. The minimum absolute atomic E-state index is 0.00298. The fraction of sp³-hybridized carbons (Fsp3) is 0. The molecule has 120 valence electrons. The summed E-state index contributed by atoms with van der Waals surface area (Å²) in [6.45, 7) is 0. The van der Waals surface area contributed by atoms with Crippen molar-refractivity contribution >= 4 is 67.3 Å². The lowest BCUT2D eigenvalue weighted by molar-refractivity contribution is 1.48. The van der Waals surface area contributed by atoms with E-state index in [4.69, 9.17) is 45.9 Å². The molecule has 0 spiro atoms. The maximum atomic E-state index is 12.9. The highest BCUT2D eigenvalue weighted by atomic mass is 16.1. The lowest BCUT2D eigenvalue weighted by atomic mass is 10.0. The molecule has 0 aliphatic heterocycles. The van der Waals surface area contributed by atoms with E-state index in [1.807, 2.05) is 0 Å². The molecule has 0 radical (unpaired) electrons. The molecule has 3 rings (SSSR count). The smallest absolute Gasteiger partial charge is 0.201 e. The van der Waals surface area contributed by atoms with Crippen LogP contribution in [0.25, 0.3) is 21.8 Å². The van der Waals surface area contributed by atoms with Gasteiger partial charge in [-0.15, -0.1) is 0 Å². The van der Waals surface area contributed by atoms with Crippen LogP contribution < -0.4 is 51.3 Å². The highest BCUT2D eigenvalue weighted by molar-refractivity contribution is 6.18. The number of hydrogen-bond acceptors (Lipinski definition) is 9. The highest BCUT2D eigenvalue weighted by Crippen LogP contribution is 2.41. The molecule has 17 N–H and O–H groups in total. The van der Waals surface area contributed by atoms with Gasteiger partial charge in [-0.1, -0.05) is 0 Å². The maximum Gasteiger partial charge on any atom is 0.201 e. The Balaban J connectivity index is 2.77. The molecule has 0 aliphatic rings. The van der Waals surface area contributed by atoms with E-state index in [1.54, 1.807) is 0 Å². The lowest BCUT2D eigenvalue weighted by Crippen LogP contribution is -2.16. The van der Waals surface area contributed by atoms with Gasteiger partial charge in [0.2, 0.25) is 5.43 Å². The van der Waals surface area contributed by atoms with E-state index < -0.39 is 5.43 Å². The summed E-state index contributed by atoms with van der Waals surface area (Å²) in [7, 11) is 0. The Morgan fingerprint density at radius 1 is 0.478 bits per heavy atom. The first kappa shape index (κ1) is 14.3. The summed E-state index contributed by atoms with van der Waals surface area (Å²) < 4.78 is 0. The second kappa shape index (κ2) is 4.16. The number of rotatable bonds is 0. The first-order valence-electron chi connectivity index (χ1n) is 6.51. The third-order valence-corrected chi connectivity index (χ3v) is 4.02. The molecule has 0 bridgehead atoms. The monoisotopic (exact) mass is 315 g/mol. The van der Waals surface area contributed by atoms with E-state index in [2.05, 4.69) is 4.98 Å². The van der Waals surface area contributed by atoms with Crippen LogP contribution in [-0.4, -0.2) is 4.98 Å². The van der Waals surface area contributed by atoms with Crippen molar-refractivity contribution in [2.24, 2.45) is 0 Å². The summed E-state index contributed by atoms with van der Waals surface area (Å²) in [5, 5.41) is 0.133. The quantitative estimate of drug-likeness (QED) is 0.188. The zero-order chi connectivity index (χ0) is 17.2. The molecule has 2 aromatic carbocycles. The second-order valence-corrected chi connectivity index (χ2v) is 5.26. The van der Waals surface area contributed by atoms with Gasteiger partial charge >= 0.3 is 0 Å². The van der Waals surface area contributed by atoms with Crippen LogP contribution in [0.1, 0.15) is 0 Å². The first-order valence-corrected chi connectivity index (χ1v) is 6.51.